The molecule has 1 fully saturated rings. The van der Waals surface area contributed by atoms with Gasteiger partial charge in [0.05, 0.1) is 12.6 Å². The average molecular weight is 364 g/mol. The van der Waals surface area contributed by atoms with E-state index in [0.29, 0.717) is 18.0 Å². The summed E-state index contributed by atoms with van der Waals surface area (Å²) in [5.41, 5.74) is 2.61. The number of rotatable bonds is 8. The van der Waals surface area contributed by atoms with Crippen molar-refractivity contribution in [3.63, 3.8) is 0 Å². The van der Waals surface area contributed by atoms with Crippen LogP contribution in [0.4, 0.5) is 0 Å². The molecular formula is C25H33NO. The summed E-state index contributed by atoms with van der Waals surface area (Å²) in [6.07, 6.45) is 7.67. The first-order valence-electron chi connectivity index (χ1n) is 10.3. The van der Waals surface area contributed by atoms with Gasteiger partial charge in [0.25, 0.3) is 0 Å². The Labute approximate surface area is 164 Å². The second-order valence-corrected chi connectivity index (χ2v) is 7.88. The van der Waals surface area contributed by atoms with E-state index >= 15 is 0 Å². The fraction of sp³-hybridized carbons (Fsp3) is 0.440. The number of aliphatic hydroxyl groups is 1. The van der Waals surface area contributed by atoms with Gasteiger partial charge in [-0.1, -0.05) is 73.7 Å². The van der Waals surface area contributed by atoms with E-state index in [1.807, 2.05) is 12.1 Å². The van der Waals surface area contributed by atoms with E-state index in [-0.39, 0.29) is 12.6 Å². The Balaban J connectivity index is 1.87. The third-order valence-corrected chi connectivity index (χ3v) is 6.14. The van der Waals surface area contributed by atoms with Gasteiger partial charge in [0.15, 0.2) is 0 Å². The van der Waals surface area contributed by atoms with Crippen molar-refractivity contribution in [3.05, 3.63) is 84.4 Å². The standard InChI is InChI=1S/C25H33NO/c1-3-10-23-17-15-20(2)24(18-16-21-11-6-4-7-12-21)26(23)25(19-27)22-13-8-5-9-14-22/h3-9,11-14,20,23-25,27H,1,10,15-19H2,2H3/t20-,23+,24-,25-/m0/s1. The summed E-state index contributed by atoms with van der Waals surface area (Å²) in [6, 6.07) is 22.3. The van der Waals surface area contributed by atoms with Crippen LogP contribution in [0, 0.1) is 5.92 Å². The Bertz CT molecular complexity index is 684. The van der Waals surface area contributed by atoms with Crippen LogP contribution in [0.25, 0.3) is 0 Å². The zero-order valence-corrected chi connectivity index (χ0v) is 16.5. The van der Waals surface area contributed by atoms with Crippen molar-refractivity contribution < 1.29 is 5.11 Å². The van der Waals surface area contributed by atoms with Crippen LogP contribution in [0.15, 0.2) is 73.3 Å². The first-order valence-corrected chi connectivity index (χ1v) is 10.3. The predicted octanol–water partition coefficient (Wildman–Crippen LogP) is 5.40. The van der Waals surface area contributed by atoms with E-state index < -0.39 is 0 Å². The molecule has 3 rings (SSSR count). The quantitative estimate of drug-likeness (QED) is 0.635. The molecule has 27 heavy (non-hydrogen) atoms. The van der Waals surface area contributed by atoms with E-state index in [1.165, 1.54) is 24.0 Å². The van der Waals surface area contributed by atoms with Gasteiger partial charge in [-0.05, 0) is 49.1 Å². The average Bonchev–Trinajstić information content (AvgIpc) is 2.71. The lowest BCUT2D eigenvalue weighted by molar-refractivity contribution is -0.0174. The van der Waals surface area contributed by atoms with E-state index in [0.717, 1.165) is 19.3 Å². The molecule has 1 aliphatic rings. The number of nitrogens with zero attached hydrogens (tertiary/aromatic N) is 1. The van der Waals surface area contributed by atoms with Crippen LogP contribution in [0.2, 0.25) is 0 Å². The van der Waals surface area contributed by atoms with Crippen molar-refractivity contribution in [2.45, 2.75) is 57.2 Å². The molecule has 0 unspecified atom stereocenters. The Morgan fingerprint density at radius 1 is 1.07 bits per heavy atom. The monoisotopic (exact) mass is 363 g/mol. The molecule has 0 bridgehead atoms. The molecule has 144 valence electrons. The third kappa shape index (κ3) is 4.88. The van der Waals surface area contributed by atoms with Crippen molar-refractivity contribution >= 4 is 0 Å². The highest BCUT2D eigenvalue weighted by molar-refractivity contribution is 5.21. The fourth-order valence-corrected chi connectivity index (χ4v) is 4.72. The SMILES string of the molecule is C=CC[C@@H]1CC[C@H](C)[C@H](CCc2ccccc2)N1[C@@H](CO)c1ccccc1. The number of hydrogen-bond donors (Lipinski definition) is 1. The van der Waals surface area contributed by atoms with Crippen molar-refractivity contribution in [2.24, 2.45) is 5.92 Å². The van der Waals surface area contributed by atoms with Crippen LogP contribution >= 0.6 is 0 Å². The van der Waals surface area contributed by atoms with Crippen LogP contribution in [-0.4, -0.2) is 28.7 Å². The van der Waals surface area contributed by atoms with Crippen LogP contribution < -0.4 is 0 Å². The molecule has 1 aliphatic heterocycles. The Kier molecular flexibility index (Phi) is 7.25. The van der Waals surface area contributed by atoms with Crippen molar-refractivity contribution in [1.29, 1.82) is 0 Å². The Morgan fingerprint density at radius 3 is 2.37 bits per heavy atom. The minimum absolute atomic E-state index is 0.0553. The zero-order chi connectivity index (χ0) is 19.1. The Hall–Kier alpha value is -1.90. The summed E-state index contributed by atoms with van der Waals surface area (Å²) in [5.74, 6) is 0.632. The van der Waals surface area contributed by atoms with Gasteiger partial charge in [-0.2, -0.15) is 0 Å². The molecular weight excluding hydrogens is 330 g/mol. The fourth-order valence-electron chi connectivity index (χ4n) is 4.72. The smallest absolute Gasteiger partial charge is 0.0628 e. The summed E-state index contributed by atoms with van der Waals surface area (Å²) in [7, 11) is 0. The summed E-state index contributed by atoms with van der Waals surface area (Å²) in [5, 5.41) is 10.3. The molecule has 2 aromatic carbocycles. The van der Waals surface area contributed by atoms with Gasteiger partial charge < -0.3 is 5.11 Å². The molecule has 2 heteroatoms. The number of benzene rings is 2. The lowest BCUT2D eigenvalue weighted by atomic mass is 9.81. The van der Waals surface area contributed by atoms with Crippen molar-refractivity contribution in [3.8, 4) is 0 Å². The Morgan fingerprint density at radius 2 is 1.74 bits per heavy atom. The molecule has 0 aromatic heterocycles. The van der Waals surface area contributed by atoms with E-state index in [1.54, 1.807) is 0 Å². The van der Waals surface area contributed by atoms with E-state index in [4.69, 9.17) is 0 Å². The maximum Gasteiger partial charge on any atom is 0.0628 e. The summed E-state index contributed by atoms with van der Waals surface area (Å²) in [4.78, 5) is 2.62. The van der Waals surface area contributed by atoms with Gasteiger partial charge in [-0.25, -0.2) is 0 Å². The highest BCUT2D eigenvalue weighted by Crippen LogP contribution is 2.38. The van der Waals surface area contributed by atoms with Crippen molar-refractivity contribution in [2.75, 3.05) is 6.61 Å². The number of aryl methyl sites for hydroxylation is 1. The van der Waals surface area contributed by atoms with Gasteiger partial charge in [-0.15, -0.1) is 6.58 Å². The molecule has 0 amide bonds. The van der Waals surface area contributed by atoms with Crippen molar-refractivity contribution in [1.82, 2.24) is 4.90 Å². The van der Waals surface area contributed by atoms with Gasteiger partial charge in [0.1, 0.15) is 0 Å². The van der Waals surface area contributed by atoms with E-state index in [9.17, 15) is 5.11 Å². The highest BCUT2D eigenvalue weighted by Gasteiger charge is 2.38. The lowest BCUT2D eigenvalue weighted by Gasteiger charge is -2.49. The second kappa shape index (κ2) is 9.87. The molecule has 0 saturated carbocycles. The molecule has 0 radical (unpaired) electrons. The molecule has 4 atom stereocenters. The number of aliphatic hydroxyl groups excluding tert-OH is 1. The third-order valence-electron chi connectivity index (χ3n) is 6.14. The van der Waals surface area contributed by atoms with Gasteiger partial charge >= 0.3 is 0 Å². The normalized spacial score (nSPS) is 24.4. The first-order chi connectivity index (χ1) is 13.2. The van der Waals surface area contributed by atoms with E-state index in [2.05, 4.69) is 73.0 Å². The largest absolute Gasteiger partial charge is 0.394 e. The maximum absolute atomic E-state index is 10.3. The predicted molar refractivity (Wildman–Crippen MR) is 114 cm³/mol. The topological polar surface area (TPSA) is 23.5 Å². The summed E-state index contributed by atoms with van der Waals surface area (Å²) in [6.45, 7) is 6.54. The van der Waals surface area contributed by atoms with Crippen LogP contribution in [-0.2, 0) is 6.42 Å². The highest BCUT2D eigenvalue weighted by atomic mass is 16.3. The van der Waals surface area contributed by atoms with Gasteiger partial charge in [0, 0.05) is 12.1 Å². The minimum atomic E-state index is 0.0553. The molecule has 0 aliphatic carbocycles. The first kappa shape index (κ1) is 19.9. The summed E-state index contributed by atoms with van der Waals surface area (Å²) >= 11 is 0. The second-order valence-electron chi connectivity index (χ2n) is 7.88. The molecule has 1 N–H and O–H groups in total. The minimum Gasteiger partial charge on any atom is -0.394 e. The van der Waals surface area contributed by atoms with Crippen LogP contribution in [0.1, 0.15) is 49.8 Å². The number of likely N-dealkylation sites (tertiary alicyclic amines) is 1. The molecule has 1 heterocycles. The number of hydrogen-bond acceptors (Lipinski definition) is 2. The zero-order valence-electron chi connectivity index (χ0n) is 16.5. The number of piperidine rings is 1. The molecule has 1 saturated heterocycles. The van der Waals surface area contributed by atoms with Gasteiger partial charge in [0.2, 0.25) is 0 Å². The molecule has 0 spiro atoms. The molecule has 2 nitrogen and oxygen atoms in total. The summed E-state index contributed by atoms with van der Waals surface area (Å²) < 4.78 is 0. The van der Waals surface area contributed by atoms with Crippen LogP contribution in [0.3, 0.4) is 0 Å². The molecule has 2 aromatic rings. The van der Waals surface area contributed by atoms with Gasteiger partial charge in [-0.3, -0.25) is 4.90 Å². The van der Waals surface area contributed by atoms with Crippen LogP contribution in [0.5, 0.6) is 0 Å². The maximum atomic E-state index is 10.3. The lowest BCUT2D eigenvalue weighted by Crippen LogP contribution is -2.52.